The third-order valence-electron chi connectivity index (χ3n) is 5.02. The SMILES string of the molecule is CCN(C(=O)c1cc2c(Cl)nc3ccc(C)cc3c2s1)c1cc(OC)ccc1OC. The number of benzene rings is 2. The molecule has 0 atom stereocenters. The van der Waals surface area contributed by atoms with Gasteiger partial charge < -0.3 is 14.4 Å². The van der Waals surface area contributed by atoms with E-state index >= 15 is 0 Å². The highest BCUT2D eigenvalue weighted by atomic mass is 35.5. The minimum atomic E-state index is -0.123. The summed E-state index contributed by atoms with van der Waals surface area (Å²) in [5, 5.41) is 2.19. The largest absolute Gasteiger partial charge is 0.497 e. The topological polar surface area (TPSA) is 51.7 Å². The number of halogens is 1. The Hall–Kier alpha value is -2.83. The number of pyridine rings is 1. The lowest BCUT2D eigenvalue weighted by Crippen LogP contribution is -2.30. The first-order valence-corrected chi connectivity index (χ1v) is 10.7. The molecule has 7 heteroatoms. The highest BCUT2D eigenvalue weighted by Crippen LogP contribution is 2.38. The van der Waals surface area contributed by atoms with Gasteiger partial charge in [-0.3, -0.25) is 4.79 Å². The number of rotatable bonds is 5. The van der Waals surface area contributed by atoms with E-state index in [2.05, 4.69) is 11.1 Å². The summed E-state index contributed by atoms with van der Waals surface area (Å²) in [6, 6.07) is 13.3. The van der Waals surface area contributed by atoms with E-state index in [4.69, 9.17) is 21.1 Å². The lowest BCUT2D eigenvalue weighted by molar-refractivity contribution is 0.0991. The summed E-state index contributed by atoms with van der Waals surface area (Å²) < 4.78 is 11.8. The van der Waals surface area contributed by atoms with Gasteiger partial charge in [-0.15, -0.1) is 11.3 Å². The normalized spacial score (nSPS) is 11.1. The number of hydrogen-bond donors (Lipinski definition) is 0. The lowest BCUT2D eigenvalue weighted by Gasteiger charge is -2.23. The first kappa shape index (κ1) is 20.4. The van der Waals surface area contributed by atoms with Gasteiger partial charge in [-0.1, -0.05) is 23.2 Å². The molecule has 30 heavy (non-hydrogen) atoms. The van der Waals surface area contributed by atoms with Crippen LogP contribution < -0.4 is 14.4 Å². The molecule has 1 amide bonds. The summed E-state index contributed by atoms with van der Waals surface area (Å²) >= 11 is 7.88. The summed E-state index contributed by atoms with van der Waals surface area (Å²) in [6.07, 6.45) is 0. The van der Waals surface area contributed by atoms with Crippen LogP contribution in [0.5, 0.6) is 11.5 Å². The summed E-state index contributed by atoms with van der Waals surface area (Å²) in [5.74, 6) is 1.14. The van der Waals surface area contributed by atoms with Gasteiger partial charge in [0.15, 0.2) is 0 Å². The van der Waals surface area contributed by atoms with Crippen molar-refractivity contribution in [2.24, 2.45) is 0 Å². The number of thiophene rings is 1. The number of anilines is 1. The fourth-order valence-corrected chi connectivity index (χ4v) is 4.94. The number of amides is 1. The van der Waals surface area contributed by atoms with Crippen molar-refractivity contribution in [1.82, 2.24) is 4.98 Å². The standard InChI is InChI=1S/C23H21ClN2O3S/c1-5-26(18-11-14(28-3)7-9-19(18)29-4)23(27)20-12-16-21(30-20)15-10-13(2)6-8-17(15)25-22(16)24/h6-12H,5H2,1-4H3. The van der Waals surface area contributed by atoms with Crippen molar-refractivity contribution >= 4 is 55.5 Å². The van der Waals surface area contributed by atoms with Crippen molar-refractivity contribution in [3.8, 4) is 11.5 Å². The maximum absolute atomic E-state index is 13.5. The Balaban J connectivity index is 1.85. The zero-order chi connectivity index (χ0) is 21.4. The van der Waals surface area contributed by atoms with E-state index in [1.54, 1.807) is 37.3 Å². The van der Waals surface area contributed by atoms with E-state index in [1.807, 2.05) is 32.0 Å². The Kier molecular flexibility index (Phi) is 5.54. The van der Waals surface area contributed by atoms with Gasteiger partial charge >= 0.3 is 0 Å². The van der Waals surface area contributed by atoms with Gasteiger partial charge in [-0.25, -0.2) is 4.98 Å². The molecule has 0 spiro atoms. The summed E-state index contributed by atoms with van der Waals surface area (Å²) in [7, 11) is 3.18. The molecule has 2 aromatic heterocycles. The van der Waals surface area contributed by atoms with E-state index in [9.17, 15) is 4.79 Å². The lowest BCUT2D eigenvalue weighted by atomic mass is 10.1. The van der Waals surface area contributed by atoms with Crippen LogP contribution >= 0.6 is 22.9 Å². The van der Waals surface area contributed by atoms with Crippen molar-refractivity contribution < 1.29 is 14.3 Å². The molecule has 0 aliphatic rings. The number of nitrogens with zero attached hydrogens (tertiary/aromatic N) is 2. The molecule has 0 aliphatic carbocycles. The van der Waals surface area contributed by atoms with Gasteiger partial charge in [0.05, 0.1) is 30.3 Å². The van der Waals surface area contributed by atoms with Crippen molar-refractivity contribution in [2.45, 2.75) is 13.8 Å². The van der Waals surface area contributed by atoms with Crippen molar-refractivity contribution in [2.75, 3.05) is 25.7 Å². The zero-order valence-corrected chi connectivity index (χ0v) is 18.7. The first-order chi connectivity index (χ1) is 14.5. The van der Waals surface area contributed by atoms with Gasteiger partial charge in [0.25, 0.3) is 5.91 Å². The van der Waals surface area contributed by atoms with Crippen molar-refractivity contribution in [1.29, 1.82) is 0 Å². The van der Waals surface area contributed by atoms with E-state index in [-0.39, 0.29) is 5.91 Å². The highest BCUT2D eigenvalue weighted by molar-refractivity contribution is 7.22. The molecule has 2 aromatic carbocycles. The van der Waals surface area contributed by atoms with Crippen LogP contribution in [0, 0.1) is 6.92 Å². The molecule has 0 unspecified atom stereocenters. The predicted molar refractivity (Wildman–Crippen MR) is 124 cm³/mol. The minimum absolute atomic E-state index is 0.123. The molecule has 4 aromatic rings. The molecule has 5 nitrogen and oxygen atoms in total. The van der Waals surface area contributed by atoms with Gasteiger partial charge in [-0.2, -0.15) is 0 Å². The van der Waals surface area contributed by atoms with E-state index in [1.165, 1.54) is 11.3 Å². The second kappa shape index (κ2) is 8.13. The second-order valence-corrected chi connectivity index (χ2v) is 8.27. The summed E-state index contributed by atoms with van der Waals surface area (Å²) in [4.78, 5) is 20.3. The number of fused-ring (bicyclic) bond motifs is 3. The maximum Gasteiger partial charge on any atom is 0.268 e. The number of aromatic nitrogens is 1. The van der Waals surface area contributed by atoms with Crippen molar-refractivity contribution in [3.63, 3.8) is 0 Å². The van der Waals surface area contributed by atoms with E-state index in [0.717, 1.165) is 26.6 Å². The molecule has 0 radical (unpaired) electrons. The predicted octanol–water partition coefficient (Wildman–Crippen LogP) is 6.10. The first-order valence-electron chi connectivity index (χ1n) is 9.50. The third kappa shape index (κ3) is 3.46. The van der Waals surface area contributed by atoms with Crippen LogP contribution in [-0.2, 0) is 0 Å². The van der Waals surface area contributed by atoms with Crippen LogP contribution in [0.2, 0.25) is 5.15 Å². The molecule has 154 valence electrons. The van der Waals surface area contributed by atoms with Gasteiger partial charge in [-0.05, 0) is 44.2 Å². The van der Waals surface area contributed by atoms with E-state index in [0.29, 0.717) is 33.8 Å². The number of aryl methyl sites for hydroxylation is 1. The number of carbonyl (C=O) groups excluding carboxylic acids is 1. The van der Waals surface area contributed by atoms with Crippen LogP contribution in [0.1, 0.15) is 22.2 Å². The molecule has 0 aliphatic heterocycles. The molecule has 0 saturated heterocycles. The third-order valence-corrected chi connectivity index (χ3v) is 6.46. The number of methoxy groups -OCH3 is 2. The highest BCUT2D eigenvalue weighted by Gasteiger charge is 2.23. The van der Waals surface area contributed by atoms with Crippen LogP contribution in [0.25, 0.3) is 21.0 Å². The smallest absolute Gasteiger partial charge is 0.268 e. The molecule has 0 N–H and O–H groups in total. The zero-order valence-electron chi connectivity index (χ0n) is 17.2. The fraction of sp³-hybridized carbons (Fsp3) is 0.217. The molecule has 0 bridgehead atoms. The van der Waals surface area contributed by atoms with Crippen LogP contribution in [0.3, 0.4) is 0 Å². The Bertz CT molecular complexity index is 1270. The Labute approximate surface area is 183 Å². The monoisotopic (exact) mass is 440 g/mol. The summed E-state index contributed by atoms with van der Waals surface area (Å²) in [5.41, 5.74) is 2.61. The molecule has 0 saturated carbocycles. The molecule has 4 rings (SSSR count). The second-order valence-electron chi connectivity index (χ2n) is 6.86. The quantitative estimate of drug-likeness (QED) is 0.352. The van der Waals surface area contributed by atoms with Gasteiger partial charge in [0.2, 0.25) is 0 Å². The van der Waals surface area contributed by atoms with E-state index < -0.39 is 0 Å². The molecule has 0 fully saturated rings. The van der Waals surface area contributed by atoms with Crippen molar-refractivity contribution in [3.05, 3.63) is 58.1 Å². The number of ether oxygens (including phenoxy) is 2. The minimum Gasteiger partial charge on any atom is -0.497 e. The molecule has 2 heterocycles. The average Bonchev–Trinajstić information content (AvgIpc) is 3.21. The van der Waals surface area contributed by atoms with Crippen LogP contribution in [0.4, 0.5) is 5.69 Å². The Morgan fingerprint density at radius 3 is 2.60 bits per heavy atom. The molecular formula is C23H21ClN2O3S. The van der Waals surface area contributed by atoms with Crippen LogP contribution in [-0.4, -0.2) is 31.7 Å². The van der Waals surface area contributed by atoms with Gasteiger partial charge in [0, 0.05) is 28.1 Å². The Morgan fingerprint density at radius 2 is 1.90 bits per heavy atom. The van der Waals surface area contributed by atoms with Crippen LogP contribution in [0.15, 0.2) is 42.5 Å². The fourth-order valence-electron chi connectivity index (χ4n) is 3.51. The number of hydrogen-bond acceptors (Lipinski definition) is 5. The number of carbonyl (C=O) groups is 1. The van der Waals surface area contributed by atoms with Gasteiger partial charge in [0.1, 0.15) is 16.7 Å². The maximum atomic E-state index is 13.5. The molecular weight excluding hydrogens is 420 g/mol. The Morgan fingerprint density at radius 1 is 1.10 bits per heavy atom. The summed E-state index contributed by atoms with van der Waals surface area (Å²) in [6.45, 7) is 4.44. The average molecular weight is 441 g/mol.